The number of nitrogens with one attached hydrogen (secondary N) is 3. The van der Waals surface area contributed by atoms with Gasteiger partial charge in [0.2, 0.25) is 11.8 Å². The maximum absolute atomic E-state index is 12.4. The van der Waals surface area contributed by atoms with Gasteiger partial charge >= 0.3 is 6.03 Å². The molecule has 7 nitrogen and oxygen atoms in total. The Morgan fingerprint density at radius 3 is 2.32 bits per heavy atom. The van der Waals surface area contributed by atoms with E-state index in [9.17, 15) is 14.4 Å². The van der Waals surface area contributed by atoms with Crippen LogP contribution >= 0.6 is 0 Å². The van der Waals surface area contributed by atoms with Gasteiger partial charge in [-0.3, -0.25) is 19.8 Å². The lowest BCUT2D eigenvalue weighted by Gasteiger charge is -2.56. The van der Waals surface area contributed by atoms with Crippen LogP contribution < -0.4 is 16.0 Å². The van der Waals surface area contributed by atoms with E-state index >= 15 is 0 Å². The number of rotatable bonds is 3. The van der Waals surface area contributed by atoms with E-state index in [1.807, 2.05) is 0 Å². The molecule has 1 heterocycles. The van der Waals surface area contributed by atoms with E-state index in [2.05, 4.69) is 16.0 Å². The molecule has 3 N–H and O–H groups in total. The van der Waals surface area contributed by atoms with E-state index in [1.165, 1.54) is 19.3 Å². The van der Waals surface area contributed by atoms with Gasteiger partial charge in [-0.05, 0) is 63.2 Å². The number of carbonyl (C=O) groups is 3. The summed E-state index contributed by atoms with van der Waals surface area (Å²) in [7, 11) is 0. The van der Waals surface area contributed by atoms with Crippen LogP contribution in [0.2, 0.25) is 0 Å². The molecule has 1 unspecified atom stereocenters. The second kappa shape index (κ2) is 6.27. The van der Waals surface area contributed by atoms with E-state index in [-0.39, 0.29) is 29.9 Å². The van der Waals surface area contributed by atoms with Crippen molar-refractivity contribution in [1.82, 2.24) is 20.9 Å². The lowest BCUT2D eigenvalue weighted by atomic mass is 9.53. The number of nitrogens with zero attached hydrogens (tertiary/aromatic N) is 1. The third-order valence-corrected chi connectivity index (χ3v) is 6.65. The molecule has 1 atom stereocenters. The normalized spacial score (nSPS) is 38.1. The minimum absolute atomic E-state index is 0.0797. The van der Waals surface area contributed by atoms with Gasteiger partial charge < -0.3 is 10.6 Å². The zero-order chi connectivity index (χ0) is 17.6. The predicted molar refractivity (Wildman–Crippen MR) is 91.6 cm³/mol. The minimum Gasteiger partial charge on any atom is -0.354 e. The van der Waals surface area contributed by atoms with E-state index in [4.69, 9.17) is 0 Å². The Bertz CT molecular complexity index is 556. The second-order valence-corrected chi connectivity index (χ2v) is 8.64. The van der Waals surface area contributed by atoms with Gasteiger partial charge in [-0.15, -0.1) is 0 Å². The van der Waals surface area contributed by atoms with Gasteiger partial charge in [-0.2, -0.15) is 0 Å². The maximum Gasteiger partial charge on any atom is 0.321 e. The fourth-order valence-corrected chi connectivity index (χ4v) is 5.91. The summed E-state index contributed by atoms with van der Waals surface area (Å²) < 4.78 is 0. The average molecular weight is 348 g/mol. The van der Waals surface area contributed by atoms with Crippen LogP contribution in [0.5, 0.6) is 0 Å². The predicted octanol–water partition coefficient (Wildman–Crippen LogP) is 0.601. The molecule has 25 heavy (non-hydrogen) atoms. The van der Waals surface area contributed by atoms with E-state index in [1.54, 1.807) is 11.8 Å². The lowest BCUT2D eigenvalue weighted by Crippen LogP contribution is -2.63. The zero-order valence-corrected chi connectivity index (χ0v) is 14.8. The fraction of sp³-hybridized carbons (Fsp3) is 0.833. The van der Waals surface area contributed by atoms with Crippen molar-refractivity contribution >= 4 is 17.8 Å². The van der Waals surface area contributed by atoms with Crippen LogP contribution in [0.1, 0.15) is 45.4 Å². The molecule has 0 radical (unpaired) electrons. The highest BCUT2D eigenvalue weighted by Crippen LogP contribution is 2.55. The molecule has 5 rings (SSSR count). The average Bonchev–Trinajstić information content (AvgIpc) is 2.52. The van der Waals surface area contributed by atoms with Gasteiger partial charge in [0.1, 0.15) is 0 Å². The van der Waals surface area contributed by atoms with Crippen molar-refractivity contribution in [3.05, 3.63) is 0 Å². The number of carbonyl (C=O) groups excluding carboxylic acids is 3. The summed E-state index contributed by atoms with van der Waals surface area (Å²) in [4.78, 5) is 38.1. The summed E-state index contributed by atoms with van der Waals surface area (Å²) in [5.74, 6) is 1.81. The van der Waals surface area contributed by atoms with Gasteiger partial charge in [0.25, 0.3) is 0 Å². The van der Waals surface area contributed by atoms with E-state index in [0.29, 0.717) is 13.1 Å². The quantitative estimate of drug-likeness (QED) is 0.697. The van der Waals surface area contributed by atoms with Crippen molar-refractivity contribution in [3.63, 3.8) is 0 Å². The highest BCUT2D eigenvalue weighted by atomic mass is 16.2. The number of amides is 4. The molecule has 5 aliphatic rings. The third-order valence-electron chi connectivity index (χ3n) is 6.65. The van der Waals surface area contributed by atoms with Crippen LogP contribution in [0, 0.1) is 17.8 Å². The monoisotopic (exact) mass is 348 g/mol. The van der Waals surface area contributed by atoms with Crippen LogP contribution in [0.3, 0.4) is 0 Å². The molecule has 7 heteroatoms. The Morgan fingerprint density at radius 1 is 1.16 bits per heavy atom. The van der Waals surface area contributed by atoms with Crippen LogP contribution in [0.4, 0.5) is 4.79 Å². The molecule has 4 saturated carbocycles. The summed E-state index contributed by atoms with van der Waals surface area (Å²) in [5, 5.41) is 8.40. The highest BCUT2D eigenvalue weighted by molar-refractivity contribution is 5.97. The van der Waals surface area contributed by atoms with Crippen molar-refractivity contribution in [2.24, 2.45) is 17.8 Å². The van der Waals surface area contributed by atoms with Crippen molar-refractivity contribution < 1.29 is 14.4 Å². The summed E-state index contributed by atoms with van der Waals surface area (Å²) in [6.07, 6.45) is 7.12. The Morgan fingerprint density at radius 2 is 1.76 bits per heavy atom. The lowest BCUT2D eigenvalue weighted by molar-refractivity contribution is -0.129. The Labute approximate surface area is 148 Å². The van der Waals surface area contributed by atoms with E-state index < -0.39 is 6.04 Å². The summed E-state index contributed by atoms with van der Waals surface area (Å²) >= 11 is 0. The molecule has 138 valence electrons. The van der Waals surface area contributed by atoms with Gasteiger partial charge in [0.15, 0.2) is 0 Å². The number of hydrogen-bond acceptors (Lipinski definition) is 4. The standard InChI is InChI=1S/C18H28N4O3/c1-11(22-3-2-19-15(23)10-22)16(24)20-17(25)21-18-7-12-4-13(8-18)6-14(5-12)9-18/h11-14H,2-10H2,1H3,(H,19,23)(H2,20,21,24,25). The van der Waals surface area contributed by atoms with Crippen LogP contribution in [-0.2, 0) is 9.59 Å². The SMILES string of the molecule is CC(C(=O)NC(=O)NC12CC3CC(CC(C3)C1)C2)N1CCNC(=O)C1. The fourth-order valence-electron chi connectivity index (χ4n) is 5.91. The number of urea groups is 1. The first-order valence-electron chi connectivity index (χ1n) is 9.56. The molecule has 4 aliphatic carbocycles. The number of piperazine rings is 1. The largest absolute Gasteiger partial charge is 0.354 e. The molecule has 4 amide bonds. The van der Waals surface area contributed by atoms with Crippen LogP contribution in [0.15, 0.2) is 0 Å². The molecule has 0 aromatic rings. The minimum atomic E-state index is -0.492. The number of hydrogen-bond donors (Lipinski definition) is 3. The first-order valence-corrected chi connectivity index (χ1v) is 9.56. The maximum atomic E-state index is 12.4. The van der Waals surface area contributed by atoms with E-state index in [0.717, 1.165) is 37.0 Å². The molecule has 1 saturated heterocycles. The Balaban J connectivity index is 1.33. The topological polar surface area (TPSA) is 90.5 Å². The summed E-state index contributed by atoms with van der Waals surface area (Å²) in [6.45, 7) is 3.10. The molecule has 5 fully saturated rings. The molecule has 0 aromatic carbocycles. The zero-order valence-electron chi connectivity index (χ0n) is 14.8. The Hall–Kier alpha value is -1.63. The summed E-state index contributed by atoms with van der Waals surface area (Å²) in [6, 6.07) is -0.867. The number of imide groups is 1. The van der Waals surface area contributed by atoms with Gasteiger partial charge in [0, 0.05) is 18.6 Å². The van der Waals surface area contributed by atoms with Gasteiger partial charge in [-0.1, -0.05) is 0 Å². The Kier molecular flexibility index (Phi) is 4.22. The van der Waals surface area contributed by atoms with Crippen LogP contribution in [0.25, 0.3) is 0 Å². The molecular weight excluding hydrogens is 320 g/mol. The second-order valence-electron chi connectivity index (χ2n) is 8.64. The molecule has 1 aliphatic heterocycles. The van der Waals surface area contributed by atoms with Gasteiger partial charge in [-0.25, -0.2) is 4.79 Å². The third kappa shape index (κ3) is 3.38. The van der Waals surface area contributed by atoms with Crippen molar-refractivity contribution in [3.8, 4) is 0 Å². The molecule has 4 bridgehead atoms. The smallest absolute Gasteiger partial charge is 0.321 e. The summed E-state index contributed by atoms with van der Waals surface area (Å²) in [5.41, 5.74) is -0.104. The first kappa shape index (κ1) is 16.8. The van der Waals surface area contributed by atoms with Crippen molar-refractivity contribution in [1.29, 1.82) is 0 Å². The first-order chi connectivity index (χ1) is 11.9. The molecular formula is C18H28N4O3. The van der Waals surface area contributed by atoms with Gasteiger partial charge in [0.05, 0.1) is 12.6 Å². The molecule has 0 aromatic heterocycles. The van der Waals surface area contributed by atoms with Crippen LogP contribution in [-0.4, -0.2) is 54.0 Å². The van der Waals surface area contributed by atoms with Crippen molar-refractivity contribution in [2.75, 3.05) is 19.6 Å². The highest BCUT2D eigenvalue weighted by Gasteiger charge is 2.51. The molecule has 0 spiro atoms. The van der Waals surface area contributed by atoms with Crippen molar-refractivity contribution in [2.45, 2.75) is 57.0 Å².